The molecule has 1 N–H and O–H groups in total. The van der Waals surface area contributed by atoms with Gasteiger partial charge in [0.1, 0.15) is 5.82 Å². The Morgan fingerprint density at radius 1 is 1.05 bits per heavy atom. The Kier molecular flexibility index (Phi) is 4.50. The number of anilines is 1. The first-order valence-corrected chi connectivity index (χ1v) is 6.60. The van der Waals surface area contributed by atoms with Gasteiger partial charge in [0, 0.05) is 0 Å². The minimum Gasteiger partial charge on any atom is -0.376 e. The Bertz CT molecular complexity index is 593. The van der Waals surface area contributed by atoms with Crippen LogP contribution in [0.3, 0.4) is 0 Å². The van der Waals surface area contributed by atoms with Crippen LogP contribution < -0.4 is 5.32 Å². The maximum atomic E-state index is 13.8. The highest BCUT2D eigenvalue weighted by Gasteiger charge is 2.31. The van der Waals surface area contributed by atoms with E-state index in [1.807, 2.05) is 37.3 Å². The normalized spacial score (nSPS) is 13.0. The molecule has 1 atom stereocenters. The molecule has 2 aromatic carbocycles. The van der Waals surface area contributed by atoms with Crippen LogP contribution in [0, 0.1) is 5.82 Å². The summed E-state index contributed by atoms with van der Waals surface area (Å²) in [5.74, 6) is -0.904. The summed E-state index contributed by atoms with van der Waals surface area (Å²) in [4.78, 5) is 0. The van der Waals surface area contributed by atoms with Gasteiger partial charge in [-0.25, -0.2) is 4.39 Å². The lowest BCUT2D eigenvalue weighted by Gasteiger charge is -2.19. The molecule has 1 nitrogen and oxygen atoms in total. The van der Waals surface area contributed by atoms with Crippen LogP contribution in [0.5, 0.6) is 0 Å². The van der Waals surface area contributed by atoms with E-state index in [9.17, 15) is 17.6 Å². The predicted octanol–water partition coefficient (Wildman–Crippen LogP) is 5.41. The van der Waals surface area contributed by atoms with Gasteiger partial charge in [0.05, 0.1) is 17.3 Å². The highest BCUT2D eigenvalue weighted by atomic mass is 19.4. The standard InChI is InChI=1S/C16H15F4N/c1-2-14(11-6-4-3-5-7-11)21-15-9-8-12(10-13(15)17)16(18,19)20/h3-10,14,21H,2H2,1H3. The van der Waals surface area contributed by atoms with Crippen LogP contribution in [0.2, 0.25) is 0 Å². The van der Waals surface area contributed by atoms with Crippen molar-refractivity contribution in [3.63, 3.8) is 0 Å². The average molecular weight is 297 g/mol. The first kappa shape index (κ1) is 15.4. The second kappa shape index (κ2) is 6.16. The Labute approximate surface area is 120 Å². The lowest BCUT2D eigenvalue weighted by atomic mass is 10.0. The van der Waals surface area contributed by atoms with Gasteiger partial charge in [-0.2, -0.15) is 13.2 Å². The van der Waals surface area contributed by atoms with Gasteiger partial charge in [0.25, 0.3) is 0 Å². The van der Waals surface area contributed by atoms with Crippen LogP contribution in [-0.4, -0.2) is 0 Å². The van der Waals surface area contributed by atoms with Crippen LogP contribution in [-0.2, 0) is 6.18 Å². The third kappa shape index (κ3) is 3.74. The second-order valence-corrected chi connectivity index (χ2v) is 4.71. The fraction of sp³-hybridized carbons (Fsp3) is 0.250. The first-order valence-electron chi connectivity index (χ1n) is 6.60. The van der Waals surface area contributed by atoms with E-state index >= 15 is 0 Å². The maximum Gasteiger partial charge on any atom is 0.416 e. The van der Waals surface area contributed by atoms with Crippen molar-refractivity contribution in [1.29, 1.82) is 0 Å². The lowest BCUT2D eigenvalue weighted by molar-refractivity contribution is -0.137. The van der Waals surface area contributed by atoms with E-state index in [0.717, 1.165) is 17.7 Å². The van der Waals surface area contributed by atoms with E-state index < -0.39 is 17.6 Å². The molecule has 0 radical (unpaired) electrons. The van der Waals surface area contributed by atoms with Crippen molar-refractivity contribution in [2.45, 2.75) is 25.6 Å². The van der Waals surface area contributed by atoms with Crippen molar-refractivity contribution in [2.24, 2.45) is 0 Å². The predicted molar refractivity (Wildman–Crippen MR) is 74.5 cm³/mol. The Morgan fingerprint density at radius 2 is 1.71 bits per heavy atom. The quantitative estimate of drug-likeness (QED) is 0.744. The molecule has 2 aromatic rings. The molecule has 1 unspecified atom stereocenters. The van der Waals surface area contributed by atoms with Crippen LogP contribution in [0.4, 0.5) is 23.2 Å². The van der Waals surface area contributed by atoms with E-state index in [4.69, 9.17) is 0 Å². The molecule has 5 heteroatoms. The third-order valence-electron chi connectivity index (χ3n) is 3.24. The molecule has 0 aromatic heterocycles. The van der Waals surface area contributed by atoms with Crippen molar-refractivity contribution in [3.8, 4) is 0 Å². The molecule has 0 aliphatic carbocycles. The molecule has 0 heterocycles. The van der Waals surface area contributed by atoms with Gasteiger partial charge >= 0.3 is 6.18 Å². The van der Waals surface area contributed by atoms with E-state index in [2.05, 4.69) is 5.32 Å². The molecule has 0 aliphatic heterocycles. The molecule has 0 fully saturated rings. The lowest BCUT2D eigenvalue weighted by Crippen LogP contribution is -2.12. The zero-order chi connectivity index (χ0) is 15.5. The van der Waals surface area contributed by atoms with Crippen LogP contribution in [0.15, 0.2) is 48.5 Å². The summed E-state index contributed by atoms with van der Waals surface area (Å²) < 4.78 is 51.3. The molecule has 0 aliphatic rings. The highest BCUT2D eigenvalue weighted by molar-refractivity contribution is 5.48. The van der Waals surface area contributed by atoms with Crippen molar-refractivity contribution in [3.05, 3.63) is 65.5 Å². The van der Waals surface area contributed by atoms with Gasteiger partial charge < -0.3 is 5.32 Å². The first-order chi connectivity index (χ1) is 9.91. The highest BCUT2D eigenvalue weighted by Crippen LogP contribution is 2.32. The molecule has 2 rings (SSSR count). The fourth-order valence-corrected chi connectivity index (χ4v) is 2.10. The van der Waals surface area contributed by atoms with Crippen molar-refractivity contribution < 1.29 is 17.6 Å². The van der Waals surface area contributed by atoms with E-state index in [0.29, 0.717) is 12.5 Å². The monoisotopic (exact) mass is 297 g/mol. The SMILES string of the molecule is CCC(Nc1ccc(C(F)(F)F)cc1F)c1ccccc1. The van der Waals surface area contributed by atoms with Gasteiger partial charge in [0.15, 0.2) is 0 Å². The molecular weight excluding hydrogens is 282 g/mol. The number of alkyl halides is 3. The van der Waals surface area contributed by atoms with Crippen LogP contribution in [0.1, 0.15) is 30.5 Å². The van der Waals surface area contributed by atoms with Gasteiger partial charge in [-0.3, -0.25) is 0 Å². The number of halogens is 4. The molecular formula is C16H15F4N. The number of hydrogen-bond donors (Lipinski definition) is 1. The zero-order valence-electron chi connectivity index (χ0n) is 11.4. The van der Waals surface area contributed by atoms with Crippen molar-refractivity contribution >= 4 is 5.69 Å². The summed E-state index contributed by atoms with van der Waals surface area (Å²) in [5, 5.41) is 2.95. The van der Waals surface area contributed by atoms with Gasteiger partial charge in [-0.1, -0.05) is 37.3 Å². The third-order valence-corrected chi connectivity index (χ3v) is 3.24. The number of rotatable bonds is 4. The minimum absolute atomic E-state index is 0.0682. The van der Waals surface area contributed by atoms with E-state index in [1.54, 1.807) is 0 Å². The summed E-state index contributed by atoms with van der Waals surface area (Å²) in [6.45, 7) is 1.92. The van der Waals surface area contributed by atoms with Crippen molar-refractivity contribution in [1.82, 2.24) is 0 Å². The largest absolute Gasteiger partial charge is 0.416 e. The molecule has 0 amide bonds. The van der Waals surface area contributed by atoms with Gasteiger partial charge in [-0.15, -0.1) is 0 Å². The fourth-order valence-electron chi connectivity index (χ4n) is 2.10. The smallest absolute Gasteiger partial charge is 0.376 e. The Morgan fingerprint density at radius 3 is 2.24 bits per heavy atom. The van der Waals surface area contributed by atoms with E-state index in [1.165, 1.54) is 0 Å². The summed E-state index contributed by atoms with van der Waals surface area (Å²) in [7, 11) is 0. The average Bonchev–Trinajstić information content (AvgIpc) is 2.46. The second-order valence-electron chi connectivity index (χ2n) is 4.71. The summed E-state index contributed by atoms with van der Waals surface area (Å²) in [6, 6.07) is 11.7. The summed E-state index contributed by atoms with van der Waals surface area (Å²) in [5.41, 5.74) is 0.0383. The molecule has 0 saturated carbocycles. The van der Waals surface area contributed by atoms with Gasteiger partial charge in [0.2, 0.25) is 0 Å². The Hall–Kier alpha value is -2.04. The maximum absolute atomic E-state index is 13.8. The molecule has 112 valence electrons. The zero-order valence-corrected chi connectivity index (χ0v) is 11.4. The topological polar surface area (TPSA) is 12.0 Å². The molecule has 0 saturated heterocycles. The Balaban J connectivity index is 2.23. The van der Waals surface area contributed by atoms with Crippen molar-refractivity contribution in [2.75, 3.05) is 5.32 Å². The van der Waals surface area contributed by atoms with Crippen LogP contribution >= 0.6 is 0 Å². The molecule has 21 heavy (non-hydrogen) atoms. The molecule has 0 bridgehead atoms. The van der Waals surface area contributed by atoms with Gasteiger partial charge in [-0.05, 0) is 30.2 Å². The summed E-state index contributed by atoms with van der Waals surface area (Å²) in [6.07, 6.45) is -3.85. The summed E-state index contributed by atoms with van der Waals surface area (Å²) >= 11 is 0. The number of nitrogens with one attached hydrogen (secondary N) is 1. The minimum atomic E-state index is -4.54. The van der Waals surface area contributed by atoms with E-state index in [-0.39, 0.29) is 11.7 Å². The number of benzene rings is 2. The molecule has 0 spiro atoms. The van der Waals surface area contributed by atoms with Crippen LogP contribution in [0.25, 0.3) is 0 Å². The number of hydrogen-bond acceptors (Lipinski definition) is 1.